The summed E-state index contributed by atoms with van der Waals surface area (Å²) < 4.78 is 13.8. The van der Waals surface area contributed by atoms with E-state index in [1.807, 2.05) is 30.3 Å². The number of hydrogen-bond acceptors (Lipinski definition) is 0. The monoisotopic (exact) mass is 238 g/mol. The zero-order valence-corrected chi connectivity index (χ0v) is 10.2. The summed E-state index contributed by atoms with van der Waals surface area (Å²) in [6.07, 6.45) is 6.38. The van der Waals surface area contributed by atoms with Crippen LogP contribution < -0.4 is 0 Å². The molecule has 0 nitrogen and oxygen atoms in total. The van der Waals surface area contributed by atoms with Crippen LogP contribution in [0.25, 0.3) is 16.3 Å². The van der Waals surface area contributed by atoms with Crippen LogP contribution in [-0.4, -0.2) is 0 Å². The van der Waals surface area contributed by atoms with Gasteiger partial charge in [-0.25, -0.2) is 4.39 Å². The summed E-state index contributed by atoms with van der Waals surface area (Å²) in [6.45, 7) is 0. The molecule has 18 heavy (non-hydrogen) atoms. The van der Waals surface area contributed by atoms with E-state index in [4.69, 9.17) is 0 Å². The molecule has 0 N–H and O–H groups in total. The van der Waals surface area contributed by atoms with Crippen molar-refractivity contribution < 1.29 is 4.39 Å². The van der Waals surface area contributed by atoms with Crippen LogP contribution in [0.5, 0.6) is 0 Å². The fourth-order valence-corrected chi connectivity index (χ4v) is 3.66. The van der Waals surface area contributed by atoms with Gasteiger partial charge in [0.2, 0.25) is 0 Å². The number of allylic oxidation sites excluding steroid dienone is 2. The second kappa shape index (κ2) is 3.68. The molecule has 0 radical (unpaired) electrons. The topological polar surface area (TPSA) is 0 Å². The third-order valence-corrected chi connectivity index (χ3v) is 4.51. The molecule has 2 aliphatic carbocycles. The van der Waals surface area contributed by atoms with Gasteiger partial charge >= 0.3 is 0 Å². The first-order chi connectivity index (χ1) is 8.83. The van der Waals surface area contributed by atoms with E-state index in [1.54, 1.807) is 6.07 Å². The Kier molecular flexibility index (Phi) is 2.11. The minimum Gasteiger partial charge on any atom is -0.206 e. The Hall–Kier alpha value is -1.63. The van der Waals surface area contributed by atoms with Crippen molar-refractivity contribution >= 4 is 16.3 Å². The van der Waals surface area contributed by atoms with Crippen LogP contribution in [-0.2, 0) is 0 Å². The van der Waals surface area contributed by atoms with Gasteiger partial charge in [-0.15, -0.1) is 0 Å². The van der Waals surface area contributed by atoms with Gasteiger partial charge in [0.1, 0.15) is 5.82 Å². The number of rotatable bonds is 1. The summed E-state index contributed by atoms with van der Waals surface area (Å²) in [5, 5.41) is 1.81. The molecule has 0 aliphatic heterocycles. The lowest BCUT2D eigenvalue weighted by Gasteiger charge is -2.16. The third-order valence-electron chi connectivity index (χ3n) is 4.51. The predicted octanol–water partition coefficient (Wildman–Crippen LogP) is 4.79. The lowest BCUT2D eigenvalue weighted by atomic mass is 9.89. The molecule has 2 unspecified atom stereocenters. The van der Waals surface area contributed by atoms with Gasteiger partial charge in [0.25, 0.3) is 0 Å². The van der Waals surface area contributed by atoms with Gasteiger partial charge in [0.15, 0.2) is 0 Å². The van der Waals surface area contributed by atoms with Crippen molar-refractivity contribution in [3.8, 4) is 0 Å². The Morgan fingerprint density at radius 3 is 2.50 bits per heavy atom. The molecule has 2 aromatic rings. The van der Waals surface area contributed by atoms with Crippen molar-refractivity contribution in [2.75, 3.05) is 0 Å². The van der Waals surface area contributed by atoms with Crippen molar-refractivity contribution in [2.24, 2.45) is 11.8 Å². The van der Waals surface area contributed by atoms with E-state index < -0.39 is 0 Å². The molecule has 90 valence electrons. The lowest BCUT2D eigenvalue weighted by molar-refractivity contribution is 0.639. The van der Waals surface area contributed by atoms with Crippen LogP contribution in [0, 0.1) is 17.7 Å². The van der Waals surface area contributed by atoms with Gasteiger partial charge < -0.3 is 0 Å². The first-order valence-electron chi connectivity index (χ1n) is 6.72. The first kappa shape index (κ1) is 10.3. The quantitative estimate of drug-likeness (QED) is 0.670. The fourth-order valence-electron chi connectivity index (χ4n) is 3.66. The minimum atomic E-state index is -0.113. The Morgan fingerprint density at radius 2 is 1.78 bits per heavy atom. The summed E-state index contributed by atoms with van der Waals surface area (Å²) in [6, 6.07) is 11.4. The van der Waals surface area contributed by atoms with E-state index in [0.29, 0.717) is 5.92 Å². The highest BCUT2D eigenvalue weighted by molar-refractivity contribution is 5.95. The molecule has 2 aromatic carbocycles. The summed E-state index contributed by atoms with van der Waals surface area (Å²) in [5.41, 5.74) is 2.71. The Labute approximate surface area is 106 Å². The van der Waals surface area contributed by atoms with Crippen LogP contribution in [0.15, 0.2) is 42.5 Å². The molecule has 2 bridgehead atoms. The standard InChI is InChI=1S/C17H15F/c18-17-8-7-14(13-3-1-2-4-15(13)17)16-10-11-5-6-12(16)9-11/h1-4,7-8,10-12H,5-6,9H2. The molecular weight excluding hydrogens is 223 g/mol. The average Bonchev–Trinajstić information content (AvgIpc) is 3.02. The van der Waals surface area contributed by atoms with Crippen LogP contribution in [0.3, 0.4) is 0 Å². The van der Waals surface area contributed by atoms with E-state index in [-0.39, 0.29) is 5.82 Å². The second-order valence-corrected chi connectivity index (χ2v) is 5.53. The lowest BCUT2D eigenvalue weighted by Crippen LogP contribution is -1.98. The summed E-state index contributed by atoms with van der Waals surface area (Å²) in [5.74, 6) is 1.37. The van der Waals surface area contributed by atoms with E-state index >= 15 is 0 Å². The summed E-state index contributed by atoms with van der Waals surface area (Å²) in [4.78, 5) is 0. The normalized spacial score (nSPS) is 25.7. The Morgan fingerprint density at radius 1 is 0.944 bits per heavy atom. The smallest absolute Gasteiger partial charge is 0.131 e. The van der Waals surface area contributed by atoms with Crippen molar-refractivity contribution in [3.63, 3.8) is 0 Å². The highest BCUT2D eigenvalue weighted by Crippen LogP contribution is 2.49. The molecule has 0 spiro atoms. The van der Waals surface area contributed by atoms with Crippen LogP contribution >= 0.6 is 0 Å². The van der Waals surface area contributed by atoms with E-state index in [9.17, 15) is 4.39 Å². The number of benzene rings is 2. The zero-order chi connectivity index (χ0) is 12.1. The van der Waals surface area contributed by atoms with Gasteiger partial charge in [0, 0.05) is 5.39 Å². The van der Waals surface area contributed by atoms with E-state index in [2.05, 4.69) is 6.08 Å². The highest BCUT2D eigenvalue weighted by Gasteiger charge is 2.33. The molecule has 0 heterocycles. The van der Waals surface area contributed by atoms with E-state index in [0.717, 1.165) is 16.7 Å². The maximum atomic E-state index is 13.8. The maximum Gasteiger partial charge on any atom is 0.131 e. The summed E-state index contributed by atoms with van der Waals surface area (Å²) >= 11 is 0. The number of halogens is 1. The van der Waals surface area contributed by atoms with Crippen molar-refractivity contribution in [1.29, 1.82) is 0 Å². The highest BCUT2D eigenvalue weighted by atomic mass is 19.1. The number of hydrogen-bond donors (Lipinski definition) is 0. The predicted molar refractivity (Wildman–Crippen MR) is 72.7 cm³/mol. The summed E-state index contributed by atoms with van der Waals surface area (Å²) in [7, 11) is 0. The molecule has 1 heteroatoms. The van der Waals surface area contributed by atoms with Crippen molar-refractivity contribution in [2.45, 2.75) is 19.3 Å². The SMILES string of the molecule is Fc1ccc(C2=CC3CCC2C3)c2ccccc12. The molecule has 1 fully saturated rings. The van der Waals surface area contributed by atoms with Gasteiger partial charge in [-0.2, -0.15) is 0 Å². The van der Waals surface area contributed by atoms with Gasteiger partial charge in [0.05, 0.1) is 0 Å². The molecule has 1 saturated carbocycles. The fraction of sp³-hybridized carbons (Fsp3) is 0.294. The van der Waals surface area contributed by atoms with Gasteiger partial charge in [-0.1, -0.05) is 36.4 Å². The van der Waals surface area contributed by atoms with E-state index in [1.165, 1.54) is 30.4 Å². The molecule has 0 aromatic heterocycles. The molecular formula is C17H15F. The number of fused-ring (bicyclic) bond motifs is 3. The van der Waals surface area contributed by atoms with Crippen molar-refractivity contribution in [1.82, 2.24) is 0 Å². The van der Waals surface area contributed by atoms with Gasteiger partial charge in [-0.3, -0.25) is 0 Å². The Balaban J connectivity index is 1.96. The van der Waals surface area contributed by atoms with Crippen LogP contribution in [0.4, 0.5) is 4.39 Å². The van der Waals surface area contributed by atoms with Crippen LogP contribution in [0.1, 0.15) is 24.8 Å². The molecule has 0 amide bonds. The first-order valence-corrected chi connectivity index (χ1v) is 6.72. The Bertz CT molecular complexity index is 654. The molecule has 2 atom stereocenters. The molecule has 2 aliphatic rings. The largest absolute Gasteiger partial charge is 0.206 e. The van der Waals surface area contributed by atoms with Gasteiger partial charge in [-0.05, 0) is 53.7 Å². The third kappa shape index (κ3) is 1.37. The van der Waals surface area contributed by atoms with Crippen molar-refractivity contribution in [3.05, 3.63) is 53.9 Å². The maximum absolute atomic E-state index is 13.8. The molecule has 4 rings (SSSR count). The zero-order valence-electron chi connectivity index (χ0n) is 10.2. The molecule has 0 saturated heterocycles. The average molecular weight is 238 g/mol. The second-order valence-electron chi connectivity index (χ2n) is 5.53. The van der Waals surface area contributed by atoms with Crippen LogP contribution in [0.2, 0.25) is 0 Å². The minimum absolute atomic E-state index is 0.113.